The van der Waals surface area contributed by atoms with E-state index >= 15 is 0 Å². The van der Waals surface area contributed by atoms with Gasteiger partial charge < -0.3 is 14.2 Å². The molecule has 96 valence electrons. The number of nitrogens with zero attached hydrogens (tertiary/aromatic N) is 2. The maximum absolute atomic E-state index is 11.7. The fourth-order valence-electron chi connectivity index (χ4n) is 1.66. The summed E-state index contributed by atoms with van der Waals surface area (Å²) in [7, 11) is 5.28. The number of hydrogen-bond donors (Lipinski definition) is 0. The molecule has 0 radical (unpaired) electrons. The maximum Gasteiger partial charge on any atom is 0.362 e. The highest BCUT2D eigenvalue weighted by atomic mass is 35.7. The maximum atomic E-state index is 11.7. The van der Waals surface area contributed by atoms with Crippen LogP contribution >= 0.6 is 18.1 Å². The van der Waals surface area contributed by atoms with Crippen LogP contribution in [0.5, 0.6) is 0 Å². The Kier molecular flexibility index (Phi) is 5.23. The zero-order valence-electron chi connectivity index (χ0n) is 10.2. The van der Waals surface area contributed by atoms with Gasteiger partial charge in [-0.15, -0.1) is 0 Å². The second kappa shape index (κ2) is 5.80. The zero-order chi connectivity index (χ0) is 12.3. The van der Waals surface area contributed by atoms with Crippen molar-refractivity contribution in [3.05, 3.63) is 0 Å². The molecule has 0 aliphatic carbocycles. The summed E-state index contributed by atoms with van der Waals surface area (Å²) in [5, 5.41) is 0. The number of likely N-dealkylation sites (N-methyl/N-ethyl adjacent to an activating group) is 1. The molecule has 2 unspecified atom stereocenters. The molecule has 1 aliphatic rings. The fourth-order valence-corrected chi connectivity index (χ4v) is 2.41. The van der Waals surface area contributed by atoms with E-state index in [0.717, 1.165) is 13.1 Å². The Balaban J connectivity index is 2.40. The second-order valence-corrected chi connectivity index (χ2v) is 7.63. The predicted molar refractivity (Wildman–Crippen MR) is 64.9 cm³/mol. The Hall–Kier alpha value is 0.360. The van der Waals surface area contributed by atoms with Gasteiger partial charge in [-0.05, 0) is 39.3 Å². The SMILES string of the molecule is CC1CN(C)C[C@@H](COP(=O)(Cl)N(C)C)O1. The molecule has 1 aliphatic heterocycles. The molecule has 1 saturated heterocycles. The summed E-state index contributed by atoms with van der Waals surface area (Å²) in [4.78, 5) is 2.16. The van der Waals surface area contributed by atoms with Crippen molar-refractivity contribution in [2.24, 2.45) is 0 Å². The summed E-state index contributed by atoms with van der Waals surface area (Å²) in [6.45, 7) is 0.781. The zero-order valence-corrected chi connectivity index (χ0v) is 11.9. The Morgan fingerprint density at radius 2 is 2.19 bits per heavy atom. The van der Waals surface area contributed by atoms with Crippen molar-refractivity contribution in [2.75, 3.05) is 40.8 Å². The van der Waals surface area contributed by atoms with E-state index in [9.17, 15) is 4.57 Å². The van der Waals surface area contributed by atoms with Gasteiger partial charge in [0.05, 0.1) is 18.8 Å². The van der Waals surface area contributed by atoms with Gasteiger partial charge in [-0.25, -0.2) is 4.67 Å². The third-order valence-corrected chi connectivity index (χ3v) is 5.03. The van der Waals surface area contributed by atoms with Gasteiger partial charge in [-0.2, -0.15) is 0 Å². The van der Waals surface area contributed by atoms with Crippen molar-refractivity contribution in [3.63, 3.8) is 0 Å². The van der Waals surface area contributed by atoms with Crippen molar-refractivity contribution in [3.8, 4) is 0 Å². The van der Waals surface area contributed by atoms with Crippen LogP contribution < -0.4 is 0 Å². The van der Waals surface area contributed by atoms with Gasteiger partial charge in [0, 0.05) is 13.1 Å². The van der Waals surface area contributed by atoms with Crippen LogP contribution in [0.25, 0.3) is 0 Å². The van der Waals surface area contributed by atoms with Crippen molar-refractivity contribution in [1.29, 1.82) is 0 Å². The Morgan fingerprint density at radius 1 is 1.56 bits per heavy atom. The number of morpholine rings is 1. The molecule has 0 aromatic carbocycles. The van der Waals surface area contributed by atoms with Crippen molar-refractivity contribution < 1.29 is 13.8 Å². The lowest BCUT2D eigenvalue weighted by molar-refractivity contribution is -0.0848. The molecule has 7 heteroatoms. The van der Waals surface area contributed by atoms with E-state index in [1.54, 1.807) is 14.1 Å². The predicted octanol–water partition coefficient (Wildman–Crippen LogP) is 1.63. The molecule has 1 fully saturated rings. The van der Waals surface area contributed by atoms with Crippen LogP contribution in [-0.4, -0.2) is 62.6 Å². The smallest absolute Gasteiger partial charge is 0.362 e. The van der Waals surface area contributed by atoms with E-state index in [0.29, 0.717) is 0 Å². The summed E-state index contributed by atoms with van der Waals surface area (Å²) < 4.78 is 24.0. The Morgan fingerprint density at radius 3 is 2.69 bits per heavy atom. The third-order valence-electron chi connectivity index (χ3n) is 2.41. The number of hydrogen-bond acceptors (Lipinski definition) is 4. The first-order chi connectivity index (χ1) is 7.31. The van der Waals surface area contributed by atoms with Gasteiger partial charge in [-0.1, -0.05) is 0 Å². The molecule has 0 saturated carbocycles. The first-order valence-corrected chi connectivity index (χ1v) is 7.75. The van der Waals surface area contributed by atoms with Crippen LogP contribution in [-0.2, 0) is 13.8 Å². The van der Waals surface area contributed by atoms with Crippen LogP contribution in [0.1, 0.15) is 6.92 Å². The van der Waals surface area contributed by atoms with E-state index in [2.05, 4.69) is 4.90 Å². The molecule has 3 atom stereocenters. The monoisotopic (exact) mass is 270 g/mol. The molecular weight excluding hydrogens is 251 g/mol. The van der Waals surface area contributed by atoms with Crippen LogP contribution in [0.4, 0.5) is 0 Å². The second-order valence-electron chi connectivity index (χ2n) is 4.38. The van der Waals surface area contributed by atoms with Gasteiger partial charge in [0.1, 0.15) is 0 Å². The minimum Gasteiger partial charge on any atom is -0.370 e. The average molecular weight is 271 g/mol. The molecule has 16 heavy (non-hydrogen) atoms. The molecule has 0 N–H and O–H groups in total. The molecule has 0 amide bonds. The minimum absolute atomic E-state index is 0.0687. The quantitative estimate of drug-likeness (QED) is 0.727. The molecular formula is C9H20ClN2O3P. The lowest BCUT2D eigenvalue weighted by Gasteiger charge is -2.34. The van der Waals surface area contributed by atoms with Gasteiger partial charge in [0.2, 0.25) is 0 Å². The fraction of sp³-hybridized carbons (Fsp3) is 1.00. The minimum atomic E-state index is -3.16. The standard InChI is InChI=1S/C9H20ClN2O3P/c1-8-5-12(4)6-9(15-8)7-14-16(10,13)11(2)3/h8-9H,5-7H2,1-4H3/t8?,9-,16?/m0/s1. The summed E-state index contributed by atoms with van der Waals surface area (Å²) in [5.41, 5.74) is 0. The lowest BCUT2D eigenvalue weighted by atomic mass is 10.2. The number of ether oxygens (including phenoxy) is 1. The highest BCUT2D eigenvalue weighted by molar-refractivity contribution is 7.83. The molecule has 0 aromatic heterocycles. The van der Waals surface area contributed by atoms with Crippen LogP contribution in [0.2, 0.25) is 0 Å². The first kappa shape index (κ1) is 14.4. The Bertz CT molecular complexity index is 267. The number of rotatable bonds is 4. The summed E-state index contributed by atoms with van der Waals surface area (Å²) in [6, 6.07) is 0. The lowest BCUT2D eigenvalue weighted by Crippen LogP contribution is -2.46. The van der Waals surface area contributed by atoms with Crippen molar-refractivity contribution >= 4 is 18.1 Å². The summed E-state index contributed by atoms with van der Waals surface area (Å²) >= 11 is 5.75. The van der Waals surface area contributed by atoms with E-state index in [1.165, 1.54) is 4.67 Å². The van der Waals surface area contributed by atoms with Crippen LogP contribution in [0.3, 0.4) is 0 Å². The average Bonchev–Trinajstić information content (AvgIpc) is 2.13. The first-order valence-electron chi connectivity index (χ1n) is 5.27. The van der Waals surface area contributed by atoms with Crippen molar-refractivity contribution in [2.45, 2.75) is 19.1 Å². The molecule has 1 heterocycles. The van der Waals surface area contributed by atoms with Gasteiger partial charge in [-0.3, -0.25) is 4.57 Å². The third kappa shape index (κ3) is 4.32. The Labute approximate surface area is 102 Å². The highest BCUT2D eigenvalue weighted by Crippen LogP contribution is 2.54. The van der Waals surface area contributed by atoms with Gasteiger partial charge in [0.15, 0.2) is 0 Å². The van der Waals surface area contributed by atoms with E-state index in [-0.39, 0.29) is 18.8 Å². The normalized spacial score (nSPS) is 31.6. The van der Waals surface area contributed by atoms with Crippen LogP contribution in [0.15, 0.2) is 0 Å². The van der Waals surface area contributed by atoms with Crippen molar-refractivity contribution in [1.82, 2.24) is 9.57 Å². The largest absolute Gasteiger partial charge is 0.370 e. The molecule has 1 rings (SSSR count). The molecule has 0 spiro atoms. The molecule has 0 aromatic rings. The van der Waals surface area contributed by atoms with E-state index in [1.807, 2.05) is 14.0 Å². The topological polar surface area (TPSA) is 42.0 Å². The van der Waals surface area contributed by atoms with Gasteiger partial charge in [0.25, 0.3) is 0 Å². The highest BCUT2D eigenvalue weighted by Gasteiger charge is 2.28. The number of halogens is 1. The van der Waals surface area contributed by atoms with E-state index < -0.39 is 6.87 Å². The molecule has 5 nitrogen and oxygen atoms in total. The molecule has 0 bridgehead atoms. The van der Waals surface area contributed by atoms with E-state index in [4.69, 9.17) is 20.5 Å². The van der Waals surface area contributed by atoms with Crippen LogP contribution in [0, 0.1) is 0 Å². The summed E-state index contributed by atoms with van der Waals surface area (Å²) in [6.07, 6.45) is 0.0993. The summed E-state index contributed by atoms with van der Waals surface area (Å²) in [5.74, 6) is 0. The van der Waals surface area contributed by atoms with Gasteiger partial charge >= 0.3 is 6.87 Å².